The lowest BCUT2D eigenvalue weighted by atomic mass is 10.1. The molecular weight excluding hydrogens is 264 g/mol. The van der Waals surface area contributed by atoms with Gasteiger partial charge in [-0.1, -0.05) is 26.8 Å². The number of methoxy groups -OCH3 is 1. The van der Waals surface area contributed by atoms with Crippen molar-refractivity contribution in [1.29, 1.82) is 0 Å². The molecule has 1 N–H and O–H groups in total. The zero-order valence-electron chi connectivity index (χ0n) is 14.1. The number of aromatic nitrogens is 1. The maximum Gasteiger partial charge on any atom is 0.255 e. The van der Waals surface area contributed by atoms with E-state index in [4.69, 9.17) is 4.74 Å². The van der Waals surface area contributed by atoms with Crippen LogP contribution in [0.3, 0.4) is 0 Å². The lowest BCUT2D eigenvalue weighted by Gasteiger charge is -2.18. The Balaban J connectivity index is 2.96. The molecule has 0 radical (unpaired) electrons. The van der Waals surface area contributed by atoms with E-state index in [-0.39, 0.29) is 5.56 Å². The highest BCUT2D eigenvalue weighted by Gasteiger charge is 2.11. The highest BCUT2D eigenvalue weighted by Crippen LogP contribution is 2.13. The van der Waals surface area contributed by atoms with Crippen LogP contribution in [0.25, 0.3) is 0 Å². The van der Waals surface area contributed by atoms with Crippen molar-refractivity contribution >= 4 is 0 Å². The Morgan fingerprint density at radius 2 is 2.00 bits per heavy atom. The molecule has 1 unspecified atom stereocenters. The summed E-state index contributed by atoms with van der Waals surface area (Å²) in [6.45, 7) is 10.6. The summed E-state index contributed by atoms with van der Waals surface area (Å²) in [6, 6.07) is 4.49. The van der Waals surface area contributed by atoms with Gasteiger partial charge in [-0.15, -0.1) is 0 Å². The van der Waals surface area contributed by atoms with Crippen LogP contribution in [0, 0.1) is 0 Å². The monoisotopic (exact) mass is 294 g/mol. The predicted octanol–water partition coefficient (Wildman–Crippen LogP) is 2.90. The van der Waals surface area contributed by atoms with Gasteiger partial charge in [0.1, 0.15) is 0 Å². The Morgan fingerprint density at radius 1 is 1.29 bits per heavy atom. The number of ether oxygens (including phenoxy) is 1. The van der Waals surface area contributed by atoms with Gasteiger partial charge in [-0.2, -0.15) is 0 Å². The normalized spacial score (nSPS) is 12.9. The standard InChI is InChI=1S/C17H30N2O2/c1-6-14(4)18-12-15-8-9-16(13(2)3)19(17(15)20)10-7-11-21-5/h8-9,13-14,18H,6-7,10-12H2,1-5H3. The van der Waals surface area contributed by atoms with Crippen LogP contribution in [0.1, 0.15) is 57.7 Å². The van der Waals surface area contributed by atoms with Crippen LogP contribution in [0.5, 0.6) is 0 Å². The molecule has 4 nitrogen and oxygen atoms in total. The second-order valence-corrected chi connectivity index (χ2v) is 5.93. The summed E-state index contributed by atoms with van der Waals surface area (Å²) >= 11 is 0. The lowest BCUT2D eigenvalue weighted by molar-refractivity contribution is 0.189. The molecule has 1 heterocycles. The largest absolute Gasteiger partial charge is 0.385 e. The minimum Gasteiger partial charge on any atom is -0.385 e. The van der Waals surface area contributed by atoms with Gasteiger partial charge in [0.15, 0.2) is 0 Å². The highest BCUT2D eigenvalue weighted by atomic mass is 16.5. The van der Waals surface area contributed by atoms with E-state index in [0.717, 1.165) is 30.6 Å². The van der Waals surface area contributed by atoms with Crippen LogP contribution >= 0.6 is 0 Å². The van der Waals surface area contributed by atoms with E-state index in [0.29, 0.717) is 25.1 Å². The summed E-state index contributed by atoms with van der Waals surface area (Å²) in [6.07, 6.45) is 1.92. The first-order chi connectivity index (χ1) is 10.0. The zero-order chi connectivity index (χ0) is 15.8. The first kappa shape index (κ1) is 17.9. The highest BCUT2D eigenvalue weighted by molar-refractivity contribution is 5.18. The average Bonchev–Trinajstić information content (AvgIpc) is 2.47. The zero-order valence-corrected chi connectivity index (χ0v) is 14.1. The molecule has 0 spiro atoms. The molecule has 21 heavy (non-hydrogen) atoms. The first-order valence-corrected chi connectivity index (χ1v) is 7.96. The summed E-state index contributed by atoms with van der Waals surface area (Å²) in [7, 11) is 1.69. The Hall–Kier alpha value is -1.13. The molecule has 1 aromatic heterocycles. The van der Waals surface area contributed by atoms with E-state index < -0.39 is 0 Å². The molecule has 0 fully saturated rings. The molecule has 1 rings (SSSR count). The first-order valence-electron chi connectivity index (χ1n) is 7.96. The minimum atomic E-state index is 0.133. The van der Waals surface area contributed by atoms with Crippen molar-refractivity contribution < 1.29 is 4.74 Å². The summed E-state index contributed by atoms with van der Waals surface area (Å²) in [4.78, 5) is 12.7. The lowest BCUT2D eigenvalue weighted by Crippen LogP contribution is -2.32. The Labute approximate surface area is 128 Å². The van der Waals surface area contributed by atoms with Crippen molar-refractivity contribution in [3.63, 3.8) is 0 Å². The van der Waals surface area contributed by atoms with Crippen molar-refractivity contribution in [2.45, 2.75) is 65.6 Å². The van der Waals surface area contributed by atoms with E-state index in [9.17, 15) is 4.79 Å². The fourth-order valence-electron chi connectivity index (χ4n) is 2.30. The van der Waals surface area contributed by atoms with Crippen LogP contribution < -0.4 is 10.9 Å². The van der Waals surface area contributed by atoms with E-state index in [2.05, 4.69) is 39.1 Å². The number of pyridine rings is 1. The number of hydrogen-bond donors (Lipinski definition) is 1. The molecule has 0 aliphatic heterocycles. The van der Waals surface area contributed by atoms with Crippen LogP contribution in [-0.4, -0.2) is 24.3 Å². The van der Waals surface area contributed by atoms with E-state index in [1.165, 1.54) is 0 Å². The Kier molecular flexibility index (Phi) is 7.68. The molecule has 0 bridgehead atoms. The SMILES string of the molecule is CCC(C)NCc1ccc(C(C)C)n(CCCOC)c1=O. The van der Waals surface area contributed by atoms with Gasteiger partial charge in [0.2, 0.25) is 0 Å². The number of hydrogen-bond acceptors (Lipinski definition) is 3. The van der Waals surface area contributed by atoms with E-state index in [1.807, 2.05) is 10.6 Å². The average molecular weight is 294 g/mol. The number of nitrogens with zero attached hydrogens (tertiary/aromatic N) is 1. The molecular formula is C17H30N2O2. The van der Waals surface area contributed by atoms with Crippen molar-refractivity contribution in [1.82, 2.24) is 9.88 Å². The third-order valence-electron chi connectivity index (χ3n) is 3.86. The molecule has 4 heteroatoms. The van der Waals surface area contributed by atoms with Crippen LogP contribution in [0.15, 0.2) is 16.9 Å². The fraction of sp³-hybridized carbons (Fsp3) is 0.706. The van der Waals surface area contributed by atoms with Gasteiger partial charge in [0.25, 0.3) is 5.56 Å². The van der Waals surface area contributed by atoms with E-state index in [1.54, 1.807) is 7.11 Å². The minimum absolute atomic E-state index is 0.133. The molecule has 0 aliphatic rings. The topological polar surface area (TPSA) is 43.3 Å². The summed E-state index contributed by atoms with van der Waals surface area (Å²) in [5.74, 6) is 0.344. The van der Waals surface area contributed by atoms with E-state index >= 15 is 0 Å². The Bertz CT molecular complexity index is 480. The van der Waals surface area contributed by atoms with Gasteiger partial charge in [-0.05, 0) is 31.7 Å². The molecule has 0 aromatic carbocycles. The van der Waals surface area contributed by atoms with Crippen molar-refractivity contribution in [3.8, 4) is 0 Å². The quantitative estimate of drug-likeness (QED) is 0.712. The molecule has 0 aliphatic carbocycles. The molecule has 0 saturated carbocycles. The molecule has 1 atom stereocenters. The second-order valence-electron chi connectivity index (χ2n) is 5.93. The number of nitrogens with one attached hydrogen (secondary N) is 1. The third-order valence-corrected chi connectivity index (χ3v) is 3.86. The predicted molar refractivity (Wildman–Crippen MR) is 87.9 cm³/mol. The maximum atomic E-state index is 12.7. The van der Waals surface area contributed by atoms with Gasteiger partial charge in [-0.3, -0.25) is 4.79 Å². The van der Waals surface area contributed by atoms with Gasteiger partial charge < -0.3 is 14.6 Å². The third kappa shape index (κ3) is 5.29. The maximum absolute atomic E-state index is 12.7. The van der Waals surface area contributed by atoms with Crippen molar-refractivity contribution in [2.24, 2.45) is 0 Å². The molecule has 0 saturated heterocycles. The fourth-order valence-corrected chi connectivity index (χ4v) is 2.30. The van der Waals surface area contributed by atoms with Crippen LogP contribution in [-0.2, 0) is 17.8 Å². The van der Waals surface area contributed by atoms with Gasteiger partial charge in [0, 0.05) is 44.1 Å². The summed E-state index contributed by atoms with van der Waals surface area (Å²) in [5.41, 5.74) is 2.08. The van der Waals surface area contributed by atoms with Gasteiger partial charge in [-0.25, -0.2) is 0 Å². The van der Waals surface area contributed by atoms with Crippen LogP contribution in [0.2, 0.25) is 0 Å². The van der Waals surface area contributed by atoms with Crippen molar-refractivity contribution in [3.05, 3.63) is 33.7 Å². The summed E-state index contributed by atoms with van der Waals surface area (Å²) in [5, 5.41) is 3.39. The summed E-state index contributed by atoms with van der Waals surface area (Å²) < 4.78 is 7.01. The Morgan fingerprint density at radius 3 is 2.57 bits per heavy atom. The molecule has 0 amide bonds. The number of rotatable bonds is 9. The molecule has 1 aromatic rings. The van der Waals surface area contributed by atoms with Crippen LogP contribution in [0.4, 0.5) is 0 Å². The van der Waals surface area contributed by atoms with Gasteiger partial charge in [0.05, 0.1) is 0 Å². The van der Waals surface area contributed by atoms with Gasteiger partial charge >= 0.3 is 0 Å². The smallest absolute Gasteiger partial charge is 0.255 e. The second kappa shape index (κ2) is 9.00. The van der Waals surface area contributed by atoms with Crippen molar-refractivity contribution in [2.75, 3.05) is 13.7 Å². The molecule has 120 valence electrons.